The summed E-state index contributed by atoms with van der Waals surface area (Å²) in [6, 6.07) is 17.6. The first kappa shape index (κ1) is 12.1. The summed E-state index contributed by atoms with van der Waals surface area (Å²) in [6.45, 7) is 0. The van der Waals surface area contributed by atoms with Crippen LogP contribution in [0.5, 0.6) is 5.75 Å². The first-order valence-corrected chi connectivity index (χ1v) is 5.75. The highest BCUT2D eigenvalue weighted by Gasteiger charge is 2.06. The molecule has 2 aromatic carbocycles. The molecule has 0 saturated carbocycles. The zero-order chi connectivity index (χ0) is 12.8. The molecule has 0 saturated heterocycles. The van der Waals surface area contributed by atoms with Crippen molar-refractivity contribution < 1.29 is 4.74 Å². The predicted octanol–water partition coefficient (Wildman–Crippen LogP) is 3.48. The molecule has 2 heteroatoms. The summed E-state index contributed by atoms with van der Waals surface area (Å²) in [5.41, 5.74) is 2.05. The van der Waals surface area contributed by atoms with Crippen LogP contribution in [0, 0.1) is 12.3 Å². The number of ether oxygens (including phenoxy) is 1. The zero-order valence-electron chi connectivity index (χ0n) is 10.3. The van der Waals surface area contributed by atoms with Crippen LogP contribution in [0.2, 0.25) is 0 Å². The van der Waals surface area contributed by atoms with E-state index in [2.05, 4.69) is 11.2 Å². The average molecular weight is 237 g/mol. The molecule has 2 aromatic rings. The summed E-state index contributed by atoms with van der Waals surface area (Å²) in [6.07, 6.45) is 5.57. The third-order valence-electron chi connectivity index (χ3n) is 2.70. The third kappa shape index (κ3) is 2.83. The van der Waals surface area contributed by atoms with Gasteiger partial charge in [0.2, 0.25) is 0 Å². The maximum Gasteiger partial charge on any atom is 0.119 e. The molecule has 0 aromatic heterocycles. The van der Waals surface area contributed by atoms with E-state index < -0.39 is 0 Å². The number of hydrogen-bond acceptors (Lipinski definition) is 2. The molecule has 0 heterocycles. The number of nitrogens with one attached hydrogen (secondary N) is 1. The van der Waals surface area contributed by atoms with Crippen LogP contribution < -0.4 is 10.1 Å². The summed E-state index contributed by atoms with van der Waals surface area (Å²) >= 11 is 0. The molecule has 0 amide bonds. The van der Waals surface area contributed by atoms with Crippen molar-refractivity contribution in [2.45, 2.75) is 6.04 Å². The maximum atomic E-state index is 5.57. The van der Waals surface area contributed by atoms with Crippen LogP contribution in [-0.2, 0) is 0 Å². The van der Waals surface area contributed by atoms with Crippen molar-refractivity contribution in [2.75, 3.05) is 12.4 Å². The van der Waals surface area contributed by atoms with Crippen LogP contribution in [0.3, 0.4) is 0 Å². The smallest absolute Gasteiger partial charge is 0.119 e. The number of hydrogen-bond donors (Lipinski definition) is 1. The van der Waals surface area contributed by atoms with Gasteiger partial charge in [-0.3, -0.25) is 0 Å². The maximum absolute atomic E-state index is 5.57. The lowest BCUT2D eigenvalue weighted by atomic mass is 10.1. The van der Waals surface area contributed by atoms with Crippen molar-refractivity contribution in [3.05, 3.63) is 60.2 Å². The van der Waals surface area contributed by atoms with Crippen LogP contribution in [0.25, 0.3) is 0 Å². The van der Waals surface area contributed by atoms with Gasteiger partial charge in [0.1, 0.15) is 11.8 Å². The Morgan fingerprint density at radius 3 is 2.28 bits per heavy atom. The van der Waals surface area contributed by atoms with Crippen LogP contribution >= 0.6 is 0 Å². The fourth-order valence-corrected chi connectivity index (χ4v) is 1.72. The first-order valence-electron chi connectivity index (χ1n) is 5.75. The standard InChI is InChI=1S/C16H15NO/c1-3-16(13-7-5-4-6-8-13)17-14-9-11-15(18-2)12-10-14/h1,4-12,16-17H,2H3. The molecule has 2 nitrogen and oxygen atoms in total. The van der Waals surface area contributed by atoms with Crippen molar-refractivity contribution in [1.29, 1.82) is 0 Å². The van der Waals surface area contributed by atoms with Gasteiger partial charge in [-0.05, 0) is 29.8 Å². The van der Waals surface area contributed by atoms with Crippen LogP contribution in [0.4, 0.5) is 5.69 Å². The number of methoxy groups -OCH3 is 1. The molecule has 0 fully saturated rings. The molecule has 90 valence electrons. The molecule has 1 atom stereocenters. The van der Waals surface area contributed by atoms with E-state index in [1.165, 1.54) is 0 Å². The van der Waals surface area contributed by atoms with Gasteiger partial charge in [0.25, 0.3) is 0 Å². The monoisotopic (exact) mass is 237 g/mol. The fraction of sp³-hybridized carbons (Fsp3) is 0.125. The minimum absolute atomic E-state index is 0.125. The lowest BCUT2D eigenvalue weighted by Crippen LogP contribution is -2.08. The Balaban J connectivity index is 2.13. The van der Waals surface area contributed by atoms with Crippen LogP contribution in [0.15, 0.2) is 54.6 Å². The highest BCUT2D eigenvalue weighted by atomic mass is 16.5. The van der Waals surface area contributed by atoms with E-state index in [9.17, 15) is 0 Å². The largest absolute Gasteiger partial charge is 0.497 e. The second kappa shape index (κ2) is 5.79. The Kier molecular flexibility index (Phi) is 3.88. The molecular weight excluding hydrogens is 222 g/mol. The lowest BCUT2D eigenvalue weighted by Gasteiger charge is -2.15. The van der Waals surface area contributed by atoms with E-state index in [-0.39, 0.29) is 6.04 Å². The Morgan fingerprint density at radius 1 is 1.06 bits per heavy atom. The molecule has 2 rings (SSSR count). The third-order valence-corrected chi connectivity index (χ3v) is 2.70. The molecule has 0 aliphatic rings. The molecule has 1 N–H and O–H groups in total. The van der Waals surface area contributed by atoms with Gasteiger partial charge in [-0.25, -0.2) is 0 Å². The normalized spacial score (nSPS) is 11.3. The van der Waals surface area contributed by atoms with Gasteiger partial charge in [-0.15, -0.1) is 6.42 Å². The van der Waals surface area contributed by atoms with Crippen molar-refractivity contribution in [2.24, 2.45) is 0 Å². The quantitative estimate of drug-likeness (QED) is 0.822. The Hall–Kier alpha value is -2.40. The highest BCUT2D eigenvalue weighted by molar-refractivity contribution is 5.50. The van der Waals surface area contributed by atoms with Gasteiger partial charge in [0.05, 0.1) is 7.11 Å². The molecule has 0 radical (unpaired) electrons. The summed E-state index contributed by atoms with van der Waals surface area (Å²) in [5.74, 6) is 3.58. The minimum Gasteiger partial charge on any atom is -0.497 e. The van der Waals surface area contributed by atoms with Crippen molar-refractivity contribution in [1.82, 2.24) is 0 Å². The molecule has 1 unspecified atom stereocenters. The SMILES string of the molecule is C#CC(Nc1ccc(OC)cc1)c1ccccc1. The van der Waals surface area contributed by atoms with Gasteiger partial charge in [-0.1, -0.05) is 36.3 Å². The van der Waals surface area contributed by atoms with E-state index >= 15 is 0 Å². The highest BCUT2D eigenvalue weighted by Crippen LogP contribution is 2.21. The van der Waals surface area contributed by atoms with Crippen LogP contribution in [-0.4, -0.2) is 7.11 Å². The molecular formula is C16H15NO. The van der Waals surface area contributed by atoms with E-state index in [4.69, 9.17) is 11.2 Å². The van der Waals surface area contributed by atoms with E-state index in [0.29, 0.717) is 0 Å². The molecule has 0 bridgehead atoms. The van der Waals surface area contributed by atoms with Crippen LogP contribution in [0.1, 0.15) is 11.6 Å². The summed E-state index contributed by atoms with van der Waals surface area (Å²) < 4.78 is 5.12. The topological polar surface area (TPSA) is 21.3 Å². The number of anilines is 1. The second-order valence-corrected chi connectivity index (χ2v) is 3.88. The Morgan fingerprint density at radius 2 is 1.72 bits per heavy atom. The number of benzene rings is 2. The average Bonchev–Trinajstić information content (AvgIpc) is 2.46. The minimum atomic E-state index is -0.125. The molecule has 0 aliphatic heterocycles. The fourth-order valence-electron chi connectivity index (χ4n) is 1.72. The van der Waals surface area contributed by atoms with E-state index in [1.807, 2.05) is 54.6 Å². The van der Waals surface area contributed by atoms with Crippen molar-refractivity contribution in [3.63, 3.8) is 0 Å². The second-order valence-electron chi connectivity index (χ2n) is 3.88. The number of rotatable bonds is 4. The lowest BCUT2D eigenvalue weighted by molar-refractivity contribution is 0.415. The van der Waals surface area contributed by atoms with Crippen molar-refractivity contribution >= 4 is 5.69 Å². The van der Waals surface area contributed by atoms with Gasteiger partial charge in [0.15, 0.2) is 0 Å². The Bertz CT molecular complexity index is 525. The molecule has 0 aliphatic carbocycles. The van der Waals surface area contributed by atoms with E-state index in [0.717, 1.165) is 17.0 Å². The first-order chi connectivity index (χ1) is 8.83. The summed E-state index contributed by atoms with van der Waals surface area (Å²) in [4.78, 5) is 0. The van der Waals surface area contributed by atoms with Crippen molar-refractivity contribution in [3.8, 4) is 18.1 Å². The van der Waals surface area contributed by atoms with Gasteiger partial charge >= 0.3 is 0 Å². The molecule has 18 heavy (non-hydrogen) atoms. The van der Waals surface area contributed by atoms with Gasteiger partial charge in [0, 0.05) is 5.69 Å². The van der Waals surface area contributed by atoms with E-state index in [1.54, 1.807) is 7.11 Å². The predicted molar refractivity (Wildman–Crippen MR) is 74.6 cm³/mol. The zero-order valence-corrected chi connectivity index (χ0v) is 10.3. The Labute approximate surface area is 108 Å². The summed E-state index contributed by atoms with van der Waals surface area (Å²) in [7, 11) is 1.65. The van der Waals surface area contributed by atoms with Gasteiger partial charge in [-0.2, -0.15) is 0 Å². The van der Waals surface area contributed by atoms with Gasteiger partial charge < -0.3 is 10.1 Å². The summed E-state index contributed by atoms with van der Waals surface area (Å²) in [5, 5.41) is 3.30. The number of terminal acetylenes is 1. The molecule has 0 spiro atoms.